The minimum Gasteiger partial charge on any atom is -0.478 e. The molecule has 0 radical (unpaired) electrons. The highest BCUT2D eigenvalue weighted by molar-refractivity contribution is 5.68. The molecule has 0 spiro atoms. The van der Waals surface area contributed by atoms with Crippen LogP contribution in [0.3, 0.4) is 0 Å². The zero-order valence-corrected chi connectivity index (χ0v) is 3.90. The third-order valence-corrected chi connectivity index (χ3v) is 0.346. The molecule has 0 atom stereocenters. The second kappa shape index (κ2) is 3.76. The number of nitrogens with zero attached hydrogens (tertiary/aromatic N) is 3. The first-order valence-electron chi connectivity index (χ1n) is 1.76. The summed E-state index contributed by atoms with van der Waals surface area (Å²) < 4.78 is 0. The van der Waals surface area contributed by atoms with Crippen LogP contribution in [0.2, 0.25) is 0 Å². The molecule has 0 aromatic heterocycles. The fourth-order valence-electron chi connectivity index (χ4n) is 0.135. The summed E-state index contributed by atoms with van der Waals surface area (Å²) >= 11 is 0. The van der Waals surface area contributed by atoms with Gasteiger partial charge in [0, 0.05) is 0 Å². The van der Waals surface area contributed by atoms with Crippen LogP contribution < -0.4 is 5.43 Å². The lowest BCUT2D eigenvalue weighted by molar-refractivity contribution is -0.135. The van der Waals surface area contributed by atoms with Crippen molar-refractivity contribution < 1.29 is 9.90 Å². The molecule has 0 saturated carbocycles. The first kappa shape index (κ1) is 6.58. The van der Waals surface area contributed by atoms with Crippen LogP contribution in [0.15, 0.2) is 5.22 Å². The SMILES string of the molecule is [N-]=[N+]=NNCC(=O)O. The molecular formula is C2H4N4O2. The fraction of sp³-hybridized carbons (Fsp3) is 0.500. The van der Waals surface area contributed by atoms with Crippen LogP contribution >= 0.6 is 0 Å². The van der Waals surface area contributed by atoms with Crippen molar-refractivity contribution in [2.75, 3.05) is 6.54 Å². The Morgan fingerprint density at radius 1 is 2.00 bits per heavy atom. The smallest absolute Gasteiger partial charge is 0.345 e. The quantitative estimate of drug-likeness (QED) is 0.233. The van der Waals surface area contributed by atoms with Gasteiger partial charge in [-0.15, -0.1) is 5.53 Å². The molecule has 0 aromatic carbocycles. The van der Waals surface area contributed by atoms with Gasteiger partial charge in [0.25, 0.3) is 0 Å². The van der Waals surface area contributed by atoms with Crippen molar-refractivity contribution >= 4 is 5.97 Å². The number of hydrogen-bond donors (Lipinski definition) is 2. The maximum atomic E-state index is 9.63. The van der Waals surface area contributed by atoms with E-state index in [2.05, 4.69) is 10.1 Å². The van der Waals surface area contributed by atoms with Crippen LogP contribution in [-0.2, 0) is 4.79 Å². The number of aliphatic carboxylic acids is 1. The highest BCUT2D eigenvalue weighted by Gasteiger charge is 1.92. The van der Waals surface area contributed by atoms with Gasteiger partial charge in [-0.25, -0.2) is 10.2 Å². The van der Waals surface area contributed by atoms with Crippen molar-refractivity contribution in [1.29, 1.82) is 0 Å². The third-order valence-electron chi connectivity index (χ3n) is 0.346. The van der Waals surface area contributed by atoms with Crippen LogP contribution in [0, 0.1) is 0 Å². The molecule has 0 saturated heterocycles. The highest BCUT2D eigenvalue weighted by atomic mass is 16.4. The van der Waals surface area contributed by atoms with E-state index >= 15 is 0 Å². The molecule has 8 heavy (non-hydrogen) atoms. The highest BCUT2D eigenvalue weighted by Crippen LogP contribution is 1.60. The number of carboxylic acids is 1. The molecule has 0 amide bonds. The summed E-state index contributed by atoms with van der Waals surface area (Å²) in [5, 5.41) is 10.7. The van der Waals surface area contributed by atoms with E-state index in [0.717, 1.165) is 0 Å². The van der Waals surface area contributed by atoms with Gasteiger partial charge in [0.05, 0.1) is 0 Å². The van der Waals surface area contributed by atoms with Gasteiger partial charge in [0.1, 0.15) is 0 Å². The predicted octanol–water partition coefficient (Wildman–Crippen LogP) is -0.114. The molecule has 0 heterocycles. The number of carboxylic acid groups (broad SMARTS) is 1. The molecule has 0 aliphatic rings. The standard InChI is InChI=1S/C2H4N4O2/c3-5-6-4-1-2(7)8/h4H,1H2,(H,7,8). The van der Waals surface area contributed by atoms with Gasteiger partial charge in [0.15, 0.2) is 6.54 Å². The summed E-state index contributed by atoms with van der Waals surface area (Å²) in [6.45, 7) is -0.343. The Labute approximate surface area is 44.7 Å². The van der Waals surface area contributed by atoms with Gasteiger partial charge in [-0.3, -0.25) is 0 Å². The maximum absolute atomic E-state index is 9.63. The van der Waals surface area contributed by atoms with Gasteiger partial charge >= 0.3 is 5.97 Å². The van der Waals surface area contributed by atoms with Gasteiger partial charge in [-0.1, -0.05) is 0 Å². The third kappa shape index (κ3) is 4.58. The normalized spacial score (nSPS) is 7.00. The van der Waals surface area contributed by atoms with E-state index in [4.69, 9.17) is 10.6 Å². The lowest BCUT2D eigenvalue weighted by Crippen LogP contribution is -2.15. The molecular weight excluding hydrogens is 112 g/mol. The molecule has 0 aliphatic heterocycles. The van der Waals surface area contributed by atoms with Crippen molar-refractivity contribution in [2.24, 2.45) is 5.22 Å². The van der Waals surface area contributed by atoms with E-state index in [9.17, 15) is 4.79 Å². The van der Waals surface area contributed by atoms with Crippen molar-refractivity contribution in [2.45, 2.75) is 0 Å². The second-order valence-corrected chi connectivity index (χ2v) is 0.918. The molecule has 6 heteroatoms. The molecule has 0 fully saturated rings. The average molecular weight is 116 g/mol. The monoisotopic (exact) mass is 116 g/mol. The number of azide groups is 1. The van der Waals surface area contributed by atoms with Crippen LogP contribution in [0.5, 0.6) is 0 Å². The minimum absolute atomic E-state index is 0.343. The Morgan fingerprint density at radius 2 is 2.62 bits per heavy atom. The van der Waals surface area contributed by atoms with Crippen LogP contribution in [-0.4, -0.2) is 17.6 Å². The van der Waals surface area contributed by atoms with Crippen LogP contribution in [0.1, 0.15) is 0 Å². The molecule has 6 nitrogen and oxygen atoms in total. The molecule has 0 bridgehead atoms. The minimum atomic E-state index is -1.06. The maximum Gasteiger partial charge on any atom is 0.345 e. The largest absolute Gasteiger partial charge is 0.478 e. The first-order valence-corrected chi connectivity index (χ1v) is 1.76. The van der Waals surface area contributed by atoms with Gasteiger partial charge < -0.3 is 5.11 Å². The Kier molecular flexibility index (Phi) is 3.09. The van der Waals surface area contributed by atoms with Crippen LogP contribution in [0.25, 0.3) is 10.4 Å². The fourth-order valence-corrected chi connectivity index (χ4v) is 0.135. The molecule has 0 aliphatic carbocycles. The van der Waals surface area contributed by atoms with Crippen molar-refractivity contribution in [3.8, 4) is 0 Å². The van der Waals surface area contributed by atoms with E-state index in [1.165, 1.54) is 0 Å². The van der Waals surface area contributed by atoms with Gasteiger partial charge in [-0.2, -0.15) is 4.91 Å². The average Bonchev–Trinajstić information content (AvgIpc) is 1.66. The van der Waals surface area contributed by atoms with E-state index in [1.54, 1.807) is 0 Å². The molecule has 0 rings (SSSR count). The van der Waals surface area contributed by atoms with E-state index in [1.807, 2.05) is 5.43 Å². The van der Waals surface area contributed by atoms with Crippen molar-refractivity contribution in [3.05, 3.63) is 10.4 Å². The summed E-state index contributed by atoms with van der Waals surface area (Å²) in [4.78, 5) is 11.9. The topological polar surface area (TPSA) is 98.1 Å². The Morgan fingerprint density at radius 3 is 3.00 bits per heavy atom. The second-order valence-electron chi connectivity index (χ2n) is 0.918. The molecule has 0 unspecified atom stereocenters. The summed E-state index contributed by atoms with van der Waals surface area (Å²) in [5.41, 5.74) is 9.53. The number of nitrogens with one attached hydrogen (secondary N) is 1. The summed E-state index contributed by atoms with van der Waals surface area (Å²) in [6, 6.07) is 0. The zero-order chi connectivity index (χ0) is 6.41. The Bertz CT molecular complexity index is 124. The number of hydrogen-bond acceptors (Lipinski definition) is 2. The molecule has 2 N–H and O–H groups in total. The predicted molar refractivity (Wildman–Crippen MR) is 24.8 cm³/mol. The summed E-state index contributed by atoms with van der Waals surface area (Å²) in [6.07, 6.45) is 0. The van der Waals surface area contributed by atoms with Crippen LogP contribution in [0.4, 0.5) is 0 Å². The zero-order valence-electron chi connectivity index (χ0n) is 3.90. The number of rotatable bonds is 3. The Hall–Kier alpha value is -1.42. The van der Waals surface area contributed by atoms with Gasteiger partial charge in [-0.05, 0) is 5.22 Å². The van der Waals surface area contributed by atoms with Gasteiger partial charge in [0.2, 0.25) is 0 Å². The van der Waals surface area contributed by atoms with Crippen molar-refractivity contribution in [3.63, 3.8) is 0 Å². The van der Waals surface area contributed by atoms with E-state index in [-0.39, 0.29) is 6.54 Å². The lowest BCUT2D eigenvalue weighted by Gasteiger charge is -1.83. The van der Waals surface area contributed by atoms with E-state index in [0.29, 0.717) is 0 Å². The first-order chi connectivity index (χ1) is 3.77. The molecule has 0 aromatic rings. The lowest BCUT2D eigenvalue weighted by atomic mass is 10.7. The Balaban J connectivity index is 3.18. The number of carbonyl (C=O) groups is 1. The summed E-state index contributed by atoms with van der Waals surface area (Å²) in [7, 11) is 0. The molecule has 44 valence electrons. The van der Waals surface area contributed by atoms with Crippen molar-refractivity contribution in [1.82, 2.24) is 5.43 Å². The summed E-state index contributed by atoms with van der Waals surface area (Å²) in [5.74, 6) is -1.06. The van der Waals surface area contributed by atoms with E-state index < -0.39 is 5.97 Å².